The summed E-state index contributed by atoms with van der Waals surface area (Å²) < 4.78 is 2.26. The first-order valence-electron chi connectivity index (χ1n) is 10.4. The Kier molecular flexibility index (Phi) is 6.08. The molecule has 160 valence electrons. The van der Waals surface area contributed by atoms with Gasteiger partial charge in [0, 0.05) is 13.0 Å². The quantitative estimate of drug-likeness (QED) is 0.443. The van der Waals surface area contributed by atoms with Crippen molar-refractivity contribution >= 4 is 16.9 Å². The number of para-hydroxylation sites is 2. The van der Waals surface area contributed by atoms with Gasteiger partial charge >= 0.3 is 0 Å². The van der Waals surface area contributed by atoms with E-state index in [0.29, 0.717) is 18.8 Å². The van der Waals surface area contributed by atoms with E-state index in [9.17, 15) is 4.79 Å². The molecule has 0 saturated heterocycles. The number of amides is 1. The van der Waals surface area contributed by atoms with Crippen molar-refractivity contribution in [1.82, 2.24) is 20.0 Å². The van der Waals surface area contributed by atoms with Gasteiger partial charge in [0.05, 0.1) is 23.3 Å². The third kappa shape index (κ3) is 4.49. The summed E-state index contributed by atoms with van der Waals surface area (Å²) >= 11 is 0. The smallest absolute Gasteiger partial charge is 0.247 e. The van der Waals surface area contributed by atoms with Gasteiger partial charge in [0.25, 0.3) is 0 Å². The van der Waals surface area contributed by atoms with Crippen LogP contribution in [0.5, 0.6) is 0 Å². The molecule has 1 atom stereocenters. The molecule has 0 aliphatic carbocycles. The van der Waals surface area contributed by atoms with E-state index >= 15 is 0 Å². The fourth-order valence-electron chi connectivity index (χ4n) is 3.89. The molecule has 4 rings (SSSR count). The van der Waals surface area contributed by atoms with E-state index < -0.39 is 5.91 Å². The van der Waals surface area contributed by atoms with Crippen LogP contribution < -0.4 is 5.48 Å². The molecule has 2 heterocycles. The van der Waals surface area contributed by atoms with Crippen molar-refractivity contribution in [2.45, 2.75) is 32.9 Å². The Morgan fingerprint density at radius 1 is 1.16 bits per heavy atom. The van der Waals surface area contributed by atoms with Crippen LogP contribution in [0.25, 0.3) is 11.0 Å². The summed E-state index contributed by atoms with van der Waals surface area (Å²) in [6.07, 6.45) is 1.73. The highest BCUT2D eigenvalue weighted by molar-refractivity contribution is 5.76. The van der Waals surface area contributed by atoms with Gasteiger partial charge in [-0.3, -0.25) is 15.0 Å². The molecule has 8 heteroatoms. The molecule has 1 aliphatic heterocycles. The number of aromatic nitrogens is 2. The van der Waals surface area contributed by atoms with Gasteiger partial charge < -0.3 is 4.57 Å². The summed E-state index contributed by atoms with van der Waals surface area (Å²) in [4.78, 5) is 16.3. The summed E-state index contributed by atoms with van der Waals surface area (Å²) in [6.45, 7) is 5.49. The molecular formula is C23H26N6O2. The minimum absolute atomic E-state index is 0.0531. The van der Waals surface area contributed by atoms with Crippen LogP contribution in [-0.2, 0) is 11.3 Å². The number of carbonyl (C=O) groups is 1. The van der Waals surface area contributed by atoms with Crippen molar-refractivity contribution in [2.24, 2.45) is 16.3 Å². The average Bonchev–Trinajstić information content (AvgIpc) is 3.38. The molecule has 8 nitrogen and oxygen atoms in total. The monoisotopic (exact) mass is 418 g/mol. The van der Waals surface area contributed by atoms with Crippen LogP contribution in [0.3, 0.4) is 0 Å². The van der Waals surface area contributed by atoms with E-state index in [0.717, 1.165) is 16.9 Å². The van der Waals surface area contributed by atoms with Gasteiger partial charge in [0.1, 0.15) is 11.9 Å². The number of hydrogen-bond donors (Lipinski definition) is 2. The third-order valence-corrected chi connectivity index (χ3v) is 5.34. The van der Waals surface area contributed by atoms with Crippen molar-refractivity contribution < 1.29 is 10.0 Å². The predicted octanol–water partition coefficient (Wildman–Crippen LogP) is 4.24. The van der Waals surface area contributed by atoms with Crippen molar-refractivity contribution in [2.75, 3.05) is 6.54 Å². The number of benzene rings is 2. The van der Waals surface area contributed by atoms with Gasteiger partial charge in [0.2, 0.25) is 5.91 Å². The Balaban J connectivity index is 1.69. The molecule has 1 amide bonds. The highest BCUT2D eigenvalue weighted by Crippen LogP contribution is 2.34. The van der Waals surface area contributed by atoms with Gasteiger partial charge in [-0.15, -0.1) is 5.11 Å². The molecule has 0 saturated carbocycles. The topological polar surface area (TPSA) is 95.1 Å². The first kappa shape index (κ1) is 20.7. The number of carbonyl (C=O) groups excluding carboxylic acids is 1. The minimum Gasteiger partial charge on any atom is -0.322 e. The number of hydrogen-bond acceptors (Lipinski definition) is 6. The van der Waals surface area contributed by atoms with Gasteiger partial charge in [-0.25, -0.2) is 10.5 Å². The van der Waals surface area contributed by atoms with Crippen molar-refractivity contribution in [3.63, 3.8) is 0 Å². The molecule has 1 unspecified atom stereocenters. The zero-order valence-corrected chi connectivity index (χ0v) is 17.6. The van der Waals surface area contributed by atoms with E-state index in [1.807, 2.05) is 41.4 Å². The molecule has 2 aromatic carbocycles. The number of imidazole rings is 1. The number of rotatable bonds is 7. The lowest BCUT2D eigenvalue weighted by atomic mass is 10.0. The second kappa shape index (κ2) is 9.09. The number of fused-ring (bicyclic) bond motifs is 1. The maximum absolute atomic E-state index is 11.3. The molecule has 1 aliphatic rings. The maximum atomic E-state index is 11.3. The minimum atomic E-state index is -0.480. The third-order valence-electron chi connectivity index (χ3n) is 5.34. The molecule has 31 heavy (non-hydrogen) atoms. The molecule has 3 aromatic rings. The van der Waals surface area contributed by atoms with E-state index in [1.165, 1.54) is 5.56 Å². The number of nitrogens with one attached hydrogen (secondary N) is 1. The molecule has 0 radical (unpaired) electrons. The highest BCUT2D eigenvalue weighted by atomic mass is 16.5. The summed E-state index contributed by atoms with van der Waals surface area (Å²) in [6, 6.07) is 18.4. The van der Waals surface area contributed by atoms with Gasteiger partial charge in [0.15, 0.2) is 0 Å². The second-order valence-corrected chi connectivity index (χ2v) is 7.94. The van der Waals surface area contributed by atoms with Crippen LogP contribution in [0.15, 0.2) is 76.7 Å². The first-order valence-corrected chi connectivity index (χ1v) is 10.4. The van der Waals surface area contributed by atoms with E-state index in [4.69, 9.17) is 10.2 Å². The van der Waals surface area contributed by atoms with Crippen LogP contribution in [0, 0.1) is 5.92 Å². The van der Waals surface area contributed by atoms with Gasteiger partial charge in [-0.1, -0.05) is 61.5 Å². The van der Waals surface area contributed by atoms with Crippen LogP contribution in [0.2, 0.25) is 0 Å². The maximum Gasteiger partial charge on any atom is 0.247 e. The van der Waals surface area contributed by atoms with Crippen molar-refractivity contribution in [3.8, 4) is 0 Å². The van der Waals surface area contributed by atoms with Crippen LogP contribution in [0.1, 0.15) is 37.7 Å². The van der Waals surface area contributed by atoms with Crippen LogP contribution in [-0.4, -0.2) is 32.2 Å². The molecular weight excluding hydrogens is 392 g/mol. The van der Waals surface area contributed by atoms with E-state index in [1.54, 1.807) is 11.6 Å². The summed E-state index contributed by atoms with van der Waals surface area (Å²) in [5.74, 6) is 0.685. The van der Waals surface area contributed by atoms with Crippen molar-refractivity contribution in [1.29, 1.82) is 0 Å². The Morgan fingerprint density at radius 3 is 2.65 bits per heavy atom. The van der Waals surface area contributed by atoms with Crippen molar-refractivity contribution in [3.05, 3.63) is 77.8 Å². The van der Waals surface area contributed by atoms with Crippen LogP contribution in [0.4, 0.5) is 0 Å². The predicted molar refractivity (Wildman–Crippen MR) is 117 cm³/mol. The Labute approximate surface area is 180 Å². The zero-order valence-electron chi connectivity index (χ0n) is 17.6. The van der Waals surface area contributed by atoms with E-state index in [2.05, 4.69) is 47.0 Å². The molecule has 1 aromatic heterocycles. The van der Waals surface area contributed by atoms with Crippen LogP contribution >= 0.6 is 0 Å². The summed E-state index contributed by atoms with van der Waals surface area (Å²) in [7, 11) is 0. The standard InChI is InChI=1S/C23H26N6O2/c1-16(2)22(29-15-18(25-27-29)12-13-21(30)26-31)23-24-19-10-6-7-11-20(19)28(23)14-17-8-4-3-5-9-17/h3-12,16,22,31H,13-15H2,1-2H3,(H,26,30)/b18-12-. The molecule has 0 spiro atoms. The Hall–Kier alpha value is -3.52. The SMILES string of the molecule is CC(C)C(c1nc2ccccc2n1Cc1ccccc1)N1C/C(=C/CC(=O)NO)N=N1. The fraction of sp³-hybridized carbons (Fsp3) is 0.304. The Morgan fingerprint density at radius 2 is 1.90 bits per heavy atom. The zero-order chi connectivity index (χ0) is 21.8. The summed E-state index contributed by atoms with van der Waals surface area (Å²) in [5.41, 5.74) is 5.56. The van der Waals surface area contributed by atoms with E-state index in [-0.39, 0.29) is 18.4 Å². The number of nitrogens with zero attached hydrogens (tertiary/aromatic N) is 5. The lowest BCUT2D eigenvalue weighted by molar-refractivity contribution is -0.128. The van der Waals surface area contributed by atoms with Gasteiger partial charge in [-0.05, 0) is 29.7 Å². The largest absolute Gasteiger partial charge is 0.322 e. The lowest BCUT2D eigenvalue weighted by Gasteiger charge is -2.28. The molecule has 0 bridgehead atoms. The number of hydroxylamine groups is 1. The van der Waals surface area contributed by atoms with Gasteiger partial charge in [-0.2, -0.15) is 0 Å². The lowest BCUT2D eigenvalue weighted by Crippen LogP contribution is -2.29. The molecule has 0 fully saturated rings. The first-order chi connectivity index (χ1) is 15.1. The second-order valence-electron chi connectivity index (χ2n) is 7.94. The summed E-state index contributed by atoms with van der Waals surface area (Å²) in [5, 5.41) is 19.2. The average molecular weight is 419 g/mol. The fourth-order valence-corrected chi connectivity index (χ4v) is 3.89. The highest BCUT2D eigenvalue weighted by Gasteiger charge is 2.31. The normalized spacial score (nSPS) is 15.9. The Bertz CT molecular complexity index is 1120. The molecule has 2 N–H and O–H groups in total.